The minimum atomic E-state index is -3.86. The van der Waals surface area contributed by atoms with Crippen molar-refractivity contribution in [1.29, 1.82) is 0 Å². The van der Waals surface area contributed by atoms with Gasteiger partial charge >= 0.3 is 0 Å². The van der Waals surface area contributed by atoms with E-state index in [1.807, 2.05) is 0 Å². The van der Waals surface area contributed by atoms with E-state index in [1.54, 1.807) is 31.2 Å². The van der Waals surface area contributed by atoms with Gasteiger partial charge in [0.15, 0.2) is 0 Å². The molecule has 3 rings (SSSR count). The van der Waals surface area contributed by atoms with Gasteiger partial charge in [-0.25, -0.2) is 23.1 Å². The summed E-state index contributed by atoms with van der Waals surface area (Å²) >= 11 is 12.1. The van der Waals surface area contributed by atoms with Crippen LogP contribution in [-0.2, 0) is 14.8 Å². The van der Waals surface area contributed by atoms with Crippen molar-refractivity contribution in [1.82, 2.24) is 9.97 Å². The van der Waals surface area contributed by atoms with Gasteiger partial charge < -0.3 is 5.32 Å². The molecule has 0 saturated heterocycles. The summed E-state index contributed by atoms with van der Waals surface area (Å²) in [5.74, 6) is -0.441. The normalized spacial score (nSPS) is 11.4. The number of aromatic nitrogens is 2. The predicted octanol–water partition coefficient (Wildman–Crippen LogP) is 4.54. The van der Waals surface area contributed by atoms with E-state index in [9.17, 15) is 13.2 Å². The third kappa shape index (κ3) is 5.56. The van der Waals surface area contributed by atoms with Crippen molar-refractivity contribution in [2.45, 2.75) is 11.8 Å². The monoisotopic (exact) mass is 462 g/mol. The number of hydrogen-bond acceptors (Lipinski definition) is 5. The molecule has 3 aromatic rings. The molecule has 10 heteroatoms. The van der Waals surface area contributed by atoms with E-state index in [1.165, 1.54) is 42.6 Å². The van der Waals surface area contributed by atoms with E-state index in [0.29, 0.717) is 27.0 Å². The number of anilines is 2. The fourth-order valence-electron chi connectivity index (χ4n) is 2.41. The lowest BCUT2D eigenvalue weighted by Crippen LogP contribution is -2.15. The van der Waals surface area contributed by atoms with E-state index in [4.69, 9.17) is 23.2 Å². The van der Waals surface area contributed by atoms with Crippen LogP contribution in [0.2, 0.25) is 10.0 Å². The van der Waals surface area contributed by atoms with Gasteiger partial charge in [0, 0.05) is 39.3 Å². The lowest BCUT2D eigenvalue weighted by Gasteiger charge is -2.08. The van der Waals surface area contributed by atoms with Gasteiger partial charge in [-0.1, -0.05) is 29.3 Å². The lowest BCUT2D eigenvalue weighted by atomic mass is 10.2. The van der Waals surface area contributed by atoms with Gasteiger partial charge in [-0.2, -0.15) is 0 Å². The highest BCUT2D eigenvalue weighted by molar-refractivity contribution is 7.92. The highest BCUT2D eigenvalue weighted by Crippen LogP contribution is 2.25. The molecule has 154 valence electrons. The Labute approximate surface area is 183 Å². The molecule has 1 amide bonds. The molecule has 1 heterocycles. The number of nitrogens with zero attached hydrogens (tertiary/aromatic N) is 2. The summed E-state index contributed by atoms with van der Waals surface area (Å²) in [6.07, 6.45) is 4.25. The Balaban J connectivity index is 1.68. The number of sulfonamides is 1. The number of benzene rings is 2. The average Bonchev–Trinajstić information content (AvgIpc) is 2.68. The second-order valence-corrected chi connectivity index (χ2v) is 8.61. The second-order valence-electron chi connectivity index (χ2n) is 6.11. The van der Waals surface area contributed by atoms with Gasteiger partial charge in [-0.15, -0.1) is 0 Å². The molecule has 0 aliphatic carbocycles. The van der Waals surface area contributed by atoms with Crippen LogP contribution >= 0.6 is 23.2 Å². The third-order valence-corrected chi connectivity index (χ3v) is 5.86. The molecule has 0 aliphatic heterocycles. The molecule has 0 unspecified atom stereocenters. The van der Waals surface area contributed by atoms with Crippen LogP contribution in [0.5, 0.6) is 0 Å². The second kappa shape index (κ2) is 9.25. The number of rotatable bonds is 6. The molecule has 0 spiro atoms. The van der Waals surface area contributed by atoms with Crippen molar-refractivity contribution in [3.8, 4) is 0 Å². The summed E-state index contributed by atoms with van der Waals surface area (Å²) in [6.45, 7) is 1.73. The first-order valence-electron chi connectivity index (χ1n) is 8.60. The maximum Gasteiger partial charge on any atom is 0.264 e. The number of hydrogen-bond donors (Lipinski definition) is 2. The van der Waals surface area contributed by atoms with Crippen molar-refractivity contribution in [3.05, 3.63) is 82.1 Å². The minimum absolute atomic E-state index is 0.00370. The summed E-state index contributed by atoms with van der Waals surface area (Å²) in [7, 11) is -3.86. The average molecular weight is 463 g/mol. The first-order chi connectivity index (χ1) is 14.2. The first-order valence-corrected chi connectivity index (χ1v) is 10.8. The SMILES string of the molecule is Cc1ccnc(NS(=O)(=O)c2ccc(NC(=O)/C=C/c3c(Cl)cccc3Cl)cc2)n1. The van der Waals surface area contributed by atoms with Crippen LogP contribution in [0.3, 0.4) is 0 Å². The Morgan fingerprint density at radius 2 is 1.70 bits per heavy atom. The number of nitrogens with one attached hydrogen (secondary N) is 2. The molecule has 0 bridgehead atoms. The summed E-state index contributed by atoms with van der Waals surface area (Å²) in [6, 6.07) is 12.4. The molecule has 2 N–H and O–H groups in total. The zero-order valence-electron chi connectivity index (χ0n) is 15.6. The van der Waals surface area contributed by atoms with Crippen LogP contribution < -0.4 is 10.0 Å². The Kier molecular flexibility index (Phi) is 6.71. The number of aryl methyl sites for hydroxylation is 1. The quantitative estimate of drug-likeness (QED) is 0.523. The zero-order chi connectivity index (χ0) is 21.7. The van der Waals surface area contributed by atoms with Crippen molar-refractivity contribution in [3.63, 3.8) is 0 Å². The van der Waals surface area contributed by atoms with Crippen LogP contribution in [0.15, 0.2) is 65.7 Å². The highest BCUT2D eigenvalue weighted by atomic mass is 35.5. The molecule has 0 aliphatic rings. The smallest absolute Gasteiger partial charge is 0.264 e. The van der Waals surface area contributed by atoms with E-state index < -0.39 is 15.9 Å². The van der Waals surface area contributed by atoms with Gasteiger partial charge in [0.05, 0.1) is 4.90 Å². The predicted molar refractivity (Wildman–Crippen MR) is 118 cm³/mol. The molecule has 0 radical (unpaired) electrons. The third-order valence-electron chi connectivity index (χ3n) is 3.85. The molecule has 1 aromatic heterocycles. The molecule has 7 nitrogen and oxygen atoms in total. The fraction of sp³-hybridized carbons (Fsp3) is 0.0500. The molecular formula is C20H16Cl2N4O3S. The van der Waals surface area contributed by atoms with Crippen LogP contribution in [0.25, 0.3) is 6.08 Å². The Morgan fingerprint density at radius 1 is 1.03 bits per heavy atom. The number of halogens is 2. The van der Waals surface area contributed by atoms with Gasteiger partial charge in [0.1, 0.15) is 0 Å². The van der Waals surface area contributed by atoms with Crippen LogP contribution in [-0.4, -0.2) is 24.3 Å². The minimum Gasteiger partial charge on any atom is -0.323 e. The van der Waals surface area contributed by atoms with Gasteiger partial charge in [-0.05, 0) is 55.5 Å². The fourth-order valence-corrected chi connectivity index (χ4v) is 3.88. The Hall–Kier alpha value is -2.94. The van der Waals surface area contributed by atoms with Crippen molar-refractivity contribution in [2.75, 3.05) is 10.0 Å². The highest BCUT2D eigenvalue weighted by Gasteiger charge is 2.15. The zero-order valence-corrected chi connectivity index (χ0v) is 18.0. The summed E-state index contributed by atoms with van der Waals surface area (Å²) < 4.78 is 27.2. The number of amides is 1. The van der Waals surface area contributed by atoms with Crippen LogP contribution in [0, 0.1) is 6.92 Å². The molecule has 0 atom stereocenters. The maximum absolute atomic E-state index is 12.5. The van der Waals surface area contributed by atoms with Crippen LogP contribution in [0.4, 0.5) is 11.6 Å². The molecule has 0 saturated carbocycles. The first kappa shape index (κ1) is 21.8. The largest absolute Gasteiger partial charge is 0.323 e. The van der Waals surface area contributed by atoms with E-state index in [-0.39, 0.29) is 10.8 Å². The standard InChI is InChI=1S/C20H16Cl2N4O3S/c1-13-11-12-23-20(24-13)26-30(28,29)15-7-5-14(6-8-15)25-19(27)10-9-16-17(21)3-2-4-18(16)22/h2-12H,1H3,(H,25,27)(H,23,24,26)/b10-9+. The van der Waals surface area contributed by atoms with Crippen molar-refractivity contribution in [2.24, 2.45) is 0 Å². The molecule has 2 aromatic carbocycles. The topological polar surface area (TPSA) is 101 Å². The summed E-state index contributed by atoms with van der Waals surface area (Å²) in [4.78, 5) is 20.0. The van der Waals surface area contributed by atoms with E-state index in [0.717, 1.165) is 0 Å². The molecule has 30 heavy (non-hydrogen) atoms. The Morgan fingerprint density at radius 3 is 2.33 bits per heavy atom. The summed E-state index contributed by atoms with van der Waals surface area (Å²) in [5.41, 5.74) is 1.58. The van der Waals surface area contributed by atoms with Gasteiger partial charge in [-0.3, -0.25) is 4.79 Å². The van der Waals surface area contributed by atoms with E-state index >= 15 is 0 Å². The number of carbonyl (C=O) groups is 1. The molecule has 0 fully saturated rings. The van der Waals surface area contributed by atoms with E-state index in [2.05, 4.69) is 20.0 Å². The number of carbonyl (C=O) groups excluding carboxylic acids is 1. The van der Waals surface area contributed by atoms with Crippen LogP contribution in [0.1, 0.15) is 11.3 Å². The lowest BCUT2D eigenvalue weighted by molar-refractivity contribution is -0.111. The van der Waals surface area contributed by atoms with Gasteiger partial charge in [0.25, 0.3) is 10.0 Å². The maximum atomic E-state index is 12.5. The van der Waals surface area contributed by atoms with Crippen molar-refractivity contribution >= 4 is 56.8 Å². The van der Waals surface area contributed by atoms with Gasteiger partial charge in [0.2, 0.25) is 11.9 Å². The summed E-state index contributed by atoms with van der Waals surface area (Å²) in [5, 5.41) is 3.48. The Bertz CT molecular complexity index is 1190. The van der Waals surface area contributed by atoms with Crippen molar-refractivity contribution < 1.29 is 13.2 Å². The molecular weight excluding hydrogens is 447 g/mol.